The predicted octanol–water partition coefficient (Wildman–Crippen LogP) is 4.42. The fourth-order valence-corrected chi connectivity index (χ4v) is 2.53. The van der Waals surface area contributed by atoms with E-state index in [4.69, 9.17) is 16.3 Å². The summed E-state index contributed by atoms with van der Waals surface area (Å²) in [5, 5.41) is 5.31. The number of methoxy groups -OCH3 is 1. The molecule has 4 heteroatoms. The molecule has 0 bridgehead atoms. The Morgan fingerprint density at radius 3 is 2.24 bits per heavy atom. The molecular formula is C17H15ClN2O. The number of ether oxygens (including phenoxy) is 1. The molecule has 0 atom stereocenters. The monoisotopic (exact) mass is 298 g/mol. The van der Waals surface area contributed by atoms with Gasteiger partial charge >= 0.3 is 0 Å². The molecule has 3 rings (SSSR count). The molecule has 0 fully saturated rings. The molecule has 0 spiro atoms. The van der Waals surface area contributed by atoms with Crippen LogP contribution in [-0.4, -0.2) is 16.9 Å². The van der Waals surface area contributed by atoms with E-state index in [1.165, 1.54) is 0 Å². The number of nitrogens with zero attached hydrogens (tertiary/aromatic N) is 2. The fourth-order valence-electron chi connectivity index (χ4n) is 2.41. The molecule has 3 nitrogen and oxygen atoms in total. The van der Waals surface area contributed by atoms with Crippen molar-refractivity contribution in [3.63, 3.8) is 0 Å². The second-order valence-electron chi connectivity index (χ2n) is 4.73. The zero-order valence-electron chi connectivity index (χ0n) is 11.9. The van der Waals surface area contributed by atoms with Gasteiger partial charge in [-0.3, -0.25) is 4.68 Å². The lowest BCUT2D eigenvalue weighted by Gasteiger charge is -2.06. The molecule has 2 aromatic carbocycles. The molecule has 0 aliphatic rings. The Morgan fingerprint density at radius 2 is 1.62 bits per heavy atom. The van der Waals surface area contributed by atoms with Crippen LogP contribution < -0.4 is 4.74 Å². The van der Waals surface area contributed by atoms with E-state index in [0.717, 1.165) is 28.3 Å². The number of rotatable bonds is 3. The first-order valence-corrected chi connectivity index (χ1v) is 7.01. The number of benzene rings is 2. The van der Waals surface area contributed by atoms with Crippen LogP contribution >= 0.6 is 11.6 Å². The Balaban J connectivity index is 2.18. The third-order valence-electron chi connectivity index (χ3n) is 3.37. The largest absolute Gasteiger partial charge is 0.492 e. The summed E-state index contributed by atoms with van der Waals surface area (Å²) in [7, 11) is 3.59. The lowest BCUT2D eigenvalue weighted by molar-refractivity contribution is 0.417. The number of halogens is 1. The first-order valence-electron chi connectivity index (χ1n) is 6.63. The summed E-state index contributed by atoms with van der Waals surface area (Å²) in [6.45, 7) is 0. The van der Waals surface area contributed by atoms with Gasteiger partial charge in [0.05, 0.1) is 7.11 Å². The average molecular weight is 299 g/mol. The summed E-state index contributed by atoms with van der Waals surface area (Å²) < 4.78 is 7.47. The van der Waals surface area contributed by atoms with Crippen molar-refractivity contribution in [1.29, 1.82) is 0 Å². The average Bonchev–Trinajstić information content (AvgIpc) is 2.85. The molecule has 0 radical (unpaired) electrons. The molecule has 0 unspecified atom stereocenters. The van der Waals surface area contributed by atoms with Crippen LogP contribution in [0.1, 0.15) is 0 Å². The molecule has 3 aromatic rings. The summed E-state index contributed by atoms with van der Waals surface area (Å²) in [6, 6.07) is 17.7. The Morgan fingerprint density at radius 1 is 0.952 bits per heavy atom. The van der Waals surface area contributed by atoms with E-state index >= 15 is 0 Å². The first-order chi connectivity index (χ1) is 10.2. The minimum atomic E-state index is 0.705. The second-order valence-corrected chi connectivity index (χ2v) is 5.16. The van der Waals surface area contributed by atoms with Crippen molar-refractivity contribution in [2.45, 2.75) is 0 Å². The third kappa shape index (κ3) is 2.52. The maximum atomic E-state index is 5.95. The van der Waals surface area contributed by atoms with Crippen molar-refractivity contribution < 1.29 is 4.74 Å². The standard InChI is InChI=1S/C17H15ClN2O/c1-20-16(13-6-4-3-5-7-13)17(21-2)15(19-20)12-8-10-14(18)11-9-12/h3-11H,1-2H3. The molecule has 106 valence electrons. The molecule has 1 aromatic heterocycles. The highest BCUT2D eigenvalue weighted by Gasteiger charge is 2.19. The SMILES string of the molecule is COc1c(-c2ccc(Cl)cc2)nn(C)c1-c1ccccc1. The zero-order chi connectivity index (χ0) is 14.8. The van der Waals surface area contributed by atoms with E-state index in [9.17, 15) is 0 Å². The summed E-state index contributed by atoms with van der Waals surface area (Å²) >= 11 is 5.95. The Kier molecular flexibility index (Phi) is 3.67. The van der Waals surface area contributed by atoms with E-state index < -0.39 is 0 Å². The molecule has 0 saturated carbocycles. The Bertz CT molecular complexity index is 748. The smallest absolute Gasteiger partial charge is 0.172 e. The molecule has 1 heterocycles. The van der Waals surface area contributed by atoms with Crippen LogP contribution in [0.5, 0.6) is 5.75 Å². The van der Waals surface area contributed by atoms with Gasteiger partial charge in [-0.2, -0.15) is 5.10 Å². The number of aromatic nitrogens is 2. The highest BCUT2D eigenvalue weighted by molar-refractivity contribution is 6.30. The Hall–Kier alpha value is -2.26. The molecule has 21 heavy (non-hydrogen) atoms. The van der Waals surface area contributed by atoms with Crippen LogP contribution in [0.2, 0.25) is 5.02 Å². The van der Waals surface area contributed by atoms with Gasteiger partial charge in [0.1, 0.15) is 11.4 Å². The summed E-state index contributed by atoms with van der Waals surface area (Å²) in [6.07, 6.45) is 0. The summed E-state index contributed by atoms with van der Waals surface area (Å²) in [5.41, 5.74) is 3.83. The van der Waals surface area contributed by atoms with E-state index in [-0.39, 0.29) is 0 Å². The van der Waals surface area contributed by atoms with Crippen LogP contribution in [-0.2, 0) is 7.05 Å². The summed E-state index contributed by atoms with van der Waals surface area (Å²) in [5.74, 6) is 0.769. The molecule has 0 amide bonds. The topological polar surface area (TPSA) is 27.1 Å². The lowest BCUT2D eigenvalue weighted by Crippen LogP contribution is -1.94. The van der Waals surface area contributed by atoms with Gasteiger partial charge in [0.2, 0.25) is 0 Å². The second kappa shape index (κ2) is 5.62. The normalized spacial score (nSPS) is 10.6. The van der Waals surface area contributed by atoms with Gasteiger partial charge in [-0.05, 0) is 12.1 Å². The van der Waals surface area contributed by atoms with E-state index in [2.05, 4.69) is 5.10 Å². The van der Waals surface area contributed by atoms with Crippen molar-refractivity contribution in [3.8, 4) is 28.3 Å². The maximum absolute atomic E-state index is 5.95. The predicted molar refractivity (Wildman–Crippen MR) is 85.6 cm³/mol. The van der Waals surface area contributed by atoms with Crippen LogP contribution in [0, 0.1) is 0 Å². The van der Waals surface area contributed by atoms with Crippen LogP contribution in [0.15, 0.2) is 54.6 Å². The molecule has 0 aliphatic heterocycles. The van der Waals surface area contributed by atoms with Crippen molar-refractivity contribution in [2.24, 2.45) is 7.05 Å². The van der Waals surface area contributed by atoms with E-state index in [0.29, 0.717) is 5.02 Å². The van der Waals surface area contributed by atoms with Crippen molar-refractivity contribution in [1.82, 2.24) is 9.78 Å². The molecule has 0 N–H and O–H groups in total. The van der Waals surface area contributed by atoms with Gasteiger partial charge in [-0.1, -0.05) is 54.1 Å². The minimum absolute atomic E-state index is 0.705. The maximum Gasteiger partial charge on any atom is 0.172 e. The zero-order valence-corrected chi connectivity index (χ0v) is 12.6. The Labute approximate surface area is 128 Å². The van der Waals surface area contributed by atoms with Crippen molar-refractivity contribution in [2.75, 3.05) is 7.11 Å². The van der Waals surface area contributed by atoms with Crippen LogP contribution in [0.3, 0.4) is 0 Å². The summed E-state index contributed by atoms with van der Waals surface area (Å²) in [4.78, 5) is 0. The highest BCUT2D eigenvalue weighted by atomic mass is 35.5. The number of aryl methyl sites for hydroxylation is 1. The van der Waals surface area contributed by atoms with E-state index in [1.807, 2.05) is 66.3 Å². The van der Waals surface area contributed by atoms with Crippen molar-refractivity contribution in [3.05, 3.63) is 59.6 Å². The van der Waals surface area contributed by atoms with Gasteiger partial charge in [-0.15, -0.1) is 0 Å². The number of hydrogen-bond donors (Lipinski definition) is 0. The lowest BCUT2D eigenvalue weighted by atomic mass is 10.1. The van der Waals surface area contributed by atoms with Gasteiger partial charge in [-0.25, -0.2) is 0 Å². The van der Waals surface area contributed by atoms with Gasteiger partial charge < -0.3 is 4.74 Å². The van der Waals surface area contributed by atoms with Crippen molar-refractivity contribution >= 4 is 11.6 Å². The minimum Gasteiger partial charge on any atom is -0.492 e. The van der Waals surface area contributed by atoms with E-state index in [1.54, 1.807) is 7.11 Å². The van der Waals surface area contributed by atoms with Gasteiger partial charge in [0, 0.05) is 23.2 Å². The van der Waals surface area contributed by atoms with Gasteiger partial charge in [0.25, 0.3) is 0 Å². The first kappa shape index (κ1) is 13.7. The quantitative estimate of drug-likeness (QED) is 0.716. The molecule has 0 saturated heterocycles. The van der Waals surface area contributed by atoms with Gasteiger partial charge in [0.15, 0.2) is 5.75 Å². The molecular weight excluding hydrogens is 284 g/mol. The number of hydrogen-bond acceptors (Lipinski definition) is 2. The van der Waals surface area contributed by atoms with Crippen LogP contribution in [0.25, 0.3) is 22.5 Å². The fraction of sp³-hybridized carbons (Fsp3) is 0.118. The highest BCUT2D eigenvalue weighted by Crippen LogP contribution is 2.38. The van der Waals surface area contributed by atoms with Crippen LogP contribution in [0.4, 0.5) is 0 Å². The third-order valence-corrected chi connectivity index (χ3v) is 3.62. The molecule has 0 aliphatic carbocycles.